The topological polar surface area (TPSA) is 74.0 Å². The number of hydrogen-bond acceptors (Lipinski definition) is 2. The number of H-pyrrole nitrogens is 1. The van der Waals surface area contributed by atoms with Crippen molar-refractivity contribution in [1.29, 1.82) is 0 Å². The number of hydrogen-bond donors (Lipinski definition) is 3. The van der Waals surface area contributed by atoms with Crippen molar-refractivity contribution in [2.45, 2.75) is 50.5 Å². The number of carbonyl (C=O) groups excluding carboxylic acids is 2. The van der Waals surface area contributed by atoms with Crippen LogP contribution in [0.15, 0.2) is 30.3 Å². The van der Waals surface area contributed by atoms with Crippen LogP contribution in [0.1, 0.15) is 43.9 Å². The molecule has 3 N–H and O–H groups in total. The van der Waals surface area contributed by atoms with E-state index in [-0.39, 0.29) is 23.0 Å². The highest BCUT2D eigenvalue weighted by atomic mass is 19.1. The predicted molar refractivity (Wildman–Crippen MR) is 101 cm³/mol. The van der Waals surface area contributed by atoms with E-state index >= 15 is 0 Å². The maximum Gasteiger partial charge on any atom is 0.242 e. The van der Waals surface area contributed by atoms with Crippen LogP contribution in [0.3, 0.4) is 0 Å². The molecule has 5 nitrogen and oxygen atoms in total. The van der Waals surface area contributed by atoms with Crippen LogP contribution in [0.2, 0.25) is 0 Å². The van der Waals surface area contributed by atoms with Crippen molar-refractivity contribution >= 4 is 11.8 Å². The van der Waals surface area contributed by atoms with Crippen LogP contribution in [0.4, 0.5) is 4.39 Å². The molecule has 1 aromatic carbocycles. The molecule has 1 atom stereocenters. The van der Waals surface area contributed by atoms with E-state index in [9.17, 15) is 14.0 Å². The molecule has 27 heavy (non-hydrogen) atoms. The predicted octanol–water partition coefficient (Wildman–Crippen LogP) is 2.81. The molecule has 6 heteroatoms. The number of amides is 2. The van der Waals surface area contributed by atoms with Gasteiger partial charge in [-0.15, -0.1) is 0 Å². The zero-order valence-corrected chi connectivity index (χ0v) is 15.4. The molecular weight excluding hydrogens is 345 g/mol. The van der Waals surface area contributed by atoms with E-state index in [4.69, 9.17) is 0 Å². The highest BCUT2D eigenvalue weighted by molar-refractivity contribution is 5.89. The van der Waals surface area contributed by atoms with Crippen molar-refractivity contribution in [2.24, 2.45) is 0 Å². The molecule has 2 aliphatic rings. The summed E-state index contributed by atoms with van der Waals surface area (Å²) in [5.74, 6) is -0.501. The van der Waals surface area contributed by atoms with E-state index in [2.05, 4.69) is 28.6 Å². The summed E-state index contributed by atoms with van der Waals surface area (Å²) in [6.45, 7) is 2.83. The molecule has 1 unspecified atom stereocenters. The fourth-order valence-electron chi connectivity index (χ4n) is 3.60. The second kappa shape index (κ2) is 6.83. The van der Waals surface area contributed by atoms with Crippen LogP contribution < -0.4 is 10.6 Å². The molecule has 1 aliphatic carbocycles. The molecule has 2 heterocycles. The van der Waals surface area contributed by atoms with Crippen molar-refractivity contribution in [3.8, 4) is 11.3 Å². The van der Waals surface area contributed by atoms with Crippen LogP contribution in [0, 0.1) is 5.82 Å². The summed E-state index contributed by atoms with van der Waals surface area (Å²) in [6.07, 6.45) is 3.81. The van der Waals surface area contributed by atoms with Gasteiger partial charge in [0.2, 0.25) is 11.8 Å². The van der Waals surface area contributed by atoms with Gasteiger partial charge < -0.3 is 15.6 Å². The molecule has 1 aliphatic heterocycles. The van der Waals surface area contributed by atoms with E-state index in [0.717, 1.165) is 29.7 Å². The number of halogens is 1. The number of aryl methyl sites for hydroxylation is 1. The molecule has 142 valence electrons. The normalized spacial score (nSPS) is 20.4. The van der Waals surface area contributed by atoms with Gasteiger partial charge in [0.1, 0.15) is 11.9 Å². The first-order chi connectivity index (χ1) is 12.9. The molecule has 4 rings (SSSR count). The van der Waals surface area contributed by atoms with Gasteiger partial charge in [0, 0.05) is 29.8 Å². The third kappa shape index (κ3) is 3.75. The number of rotatable bonds is 6. The average molecular weight is 369 g/mol. The van der Waals surface area contributed by atoms with Gasteiger partial charge in [0.15, 0.2) is 0 Å². The lowest BCUT2D eigenvalue weighted by molar-refractivity contribution is -0.127. The zero-order chi connectivity index (χ0) is 19.0. The van der Waals surface area contributed by atoms with Gasteiger partial charge in [-0.1, -0.05) is 6.92 Å². The first-order valence-electron chi connectivity index (χ1n) is 9.50. The minimum atomic E-state index is -0.416. The van der Waals surface area contributed by atoms with E-state index in [1.165, 1.54) is 17.8 Å². The summed E-state index contributed by atoms with van der Waals surface area (Å²) < 4.78 is 13.3. The molecule has 2 amide bonds. The van der Waals surface area contributed by atoms with Gasteiger partial charge >= 0.3 is 0 Å². The Kier molecular flexibility index (Phi) is 4.50. The molecule has 0 bridgehead atoms. The lowest BCUT2D eigenvalue weighted by atomic mass is 10.0. The number of nitrogens with one attached hydrogen (secondary N) is 3. The van der Waals surface area contributed by atoms with Crippen LogP contribution in [0.5, 0.6) is 0 Å². The van der Waals surface area contributed by atoms with Gasteiger partial charge in [0.25, 0.3) is 0 Å². The summed E-state index contributed by atoms with van der Waals surface area (Å²) in [6, 6.07) is 8.13. The smallest absolute Gasteiger partial charge is 0.242 e. The van der Waals surface area contributed by atoms with Gasteiger partial charge in [-0.05, 0) is 67.1 Å². The Morgan fingerprint density at radius 3 is 2.67 bits per heavy atom. The molecular formula is C21H24FN3O2. The summed E-state index contributed by atoms with van der Waals surface area (Å²) in [5.41, 5.74) is 4.27. The molecule has 0 radical (unpaired) electrons. The number of aromatic amines is 1. The Labute approximate surface area is 157 Å². The molecule has 1 aromatic heterocycles. The Morgan fingerprint density at radius 2 is 2.04 bits per heavy atom. The summed E-state index contributed by atoms with van der Waals surface area (Å²) in [7, 11) is 0. The highest BCUT2D eigenvalue weighted by Gasteiger charge is 2.40. The summed E-state index contributed by atoms with van der Waals surface area (Å²) in [4.78, 5) is 27.4. The Morgan fingerprint density at radius 1 is 1.30 bits per heavy atom. The monoisotopic (exact) mass is 369 g/mol. The van der Waals surface area contributed by atoms with Crippen molar-refractivity contribution in [2.75, 3.05) is 6.54 Å². The van der Waals surface area contributed by atoms with Gasteiger partial charge in [0.05, 0.1) is 0 Å². The van der Waals surface area contributed by atoms with Crippen LogP contribution in [-0.2, 0) is 21.4 Å². The largest absolute Gasteiger partial charge is 0.358 e. The average Bonchev–Trinajstić information content (AvgIpc) is 3.06. The molecule has 1 saturated carbocycles. The minimum absolute atomic E-state index is 0.110. The first-order valence-corrected chi connectivity index (χ1v) is 9.50. The van der Waals surface area contributed by atoms with Gasteiger partial charge in [-0.3, -0.25) is 9.59 Å². The maximum atomic E-state index is 13.3. The van der Waals surface area contributed by atoms with Gasteiger partial charge in [-0.2, -0.15) is 0 Å². The number of aromatic nitrogens is 1. The minimum Gasteiger partial charge on any atom is -0.358 e. The molecule has 1 saturated heterocycles. The lowest BCUT2D eigenvalue weighted by Gasteiger charge is -2.10. The van der Waals surface area contributed by atoms with Crippen LogP contribution >= 0.6 is 0 Å². The Bertz CT molecular complexity index is 868. The highest BCUT2D eigenvalue weighted by Crippen LogP contribution is 2.48. The SMILES string of the molecule is CC1(c2cc(CCC(=O)NC3CCNC3=O)c(-c3ccc(F)cc3)[nH]2)CC1. The maximum absolute atomic E-state index is 13.3. The van der Waals surface area contributed by atoms with Crippen molar-refractivity contribution in [3.63, 3.8) is 0 Å². The first kappa shape index (κ1) is 17.8. The molecule has 2 fully saturated rings. The lowest BCUT2D eigenvalue weighted by Crippen LogP contribution is -2.40. The quantitative estimate of drug-likeness (QED) is 0.733. The zero-order valence-electron chi connectivity index (χ0n) is 15.4. The van der Waals surface area contributed by atoms with E-state index < -0.39 is 6.04 Å². The fourth-order valence-corrected chi connectivity index (χ4v) is 3.60. The number of carbonyl (C=O) groups is 2. The van der Waals surface area contributed by atoms with E-state index in [0.29, 0.717) is 25.8 Å². The molecule has 0 spiro atoms. The van der Waals surface area contributed by atoms with Crippen LogP contribution in [-0.4, -0.2) is 29.4 Å². The standard InChI is InChI=1S/C21H24FN3O2/c1-21(9-10-21)17-12-14(19(25-17)13-2-5-15(22)6-3-13)4-7-18(26)24-16-8-11-23-20(16)27/h2-3,5-6,12,16,25H,4,7-11H2,1H3,(H,23,27)(H,24,26). The summed E-state index contributed by atoms with van der Waals surface area (Å²) >= 11 is 0. The fraction of sp³-hybridized carbons (Fsp3) is 0.429. The van der Waals surface area contributed by atoms with Gasteiger partial charge in [-0.25, -0.2) is 4.39 Å². The van der Waals surface area contributed by atoms with E-state index in [1.807, 2.05) is 0 Å². The third-order valence-corrected chi connectivity index (χ3v) is 5.69. The van der Waals surface area contributed by atoms with Crippen LogP contribution in [0.25, 0.3) is 11.3 Å². The Balaban J connectivity index is 1.50. The molecule has 2 aromatic rings. The van der Waals surface area contributed by atoms with E-state index in [1.54, 1.807) is 12.1 Å². The van der Waals surface area contributed by atoms with Crippen molar-refractivity contribution in [1.82, 2.24) is 15.6 Å². The second-order valence-electron chi connectivity index (χ2n) is 7.85. The summed E-state index contributed by atoms with van der Waals surface area (Å²) in [5, 5.41) is 5.53. The number of benzene rings is 1. The van der Waals surface area contributed by atoms with Crippen molar-refractivity contribution < 1.29 is 14.0 Å². The Hall–Kier alpha value is -2.63. The second-order valence-corrected chi connectivity index (χ2v) is 7.85. The third-order valence-electron chi connectivity index (χ3n) is 5.69. The van der Waals surface area contributed by atoms with Crippen molar-refractivity contribution in [3.05, 3.63) is 47.4 Å².